The molecule has 16 heavy (non-hydrogen) atoms. The first-order chi connectivity index (χ1) is 7.53. The van der Waals surface area contributed by atoms with Crippen LogP contribution < -0.4 is 0 Å². The Hall–Kier alpha value is -0.380. The van der Waals surface area contributed by atoms with Crippen molar-refractivity contribution in [3.05, 3.63) is 12.2 Å². The van der Waals surface area contributed by atoms with Crippen LogP contribution in [0.2, 0.25) is 0 Å². The molecular formula is C12H22BrN3. The Morgan fingerprint density at radius 2 is 2.19 bits per heavy atom. The normalized spacial score (nSPS) is 15.4. The molecule has 3 nitrogen and oxygen atoms in total. The number of alkyl halides is 1. The van der Waals surface area contributed by atoms with Gasteiger partial charge in [-0.2, -0.15) is 5.10 Å². The third-order valence-electron chi connectivity index (χ3n) is 3.39. The number of nitrogens with zero attached hydrogens (tertiary/aromatic N) is 3. The lowest BCUT2D eigenvalue weighted by molar-refractivity contribution is 0.248. The largest absolute Gasteiger partial charge is 0.250 e. The zero-order chi connectivity index (χ0) is 12.2. The SMILES string of the molecule is CCCn1ncnc1CC(C)(CBr)C(C)C. The van der Waals surface area contributed by atoms with Crippen molar-refractivity contribution in [2.75, 3.05) is 5.33 Å². The molecule has 0 radical (unpaired) electrons. The number of rotatable bonds is 6. The van der Waals surface area contributed by atoms with Crippen molar-refractivity contribution >= 4 is 15.9 Å². The number of hydrogen-bond acceptors (Lipinski definition) is 2. The molecule has 1 unspecified atom stereocenters. The highest BCUT2D eigenvalue weighted by atomic mass is 79.9. The van der Waals surface area contributed by atoms with Gasteiger partial charge in [0, 0.05) is 18.3 Å². The molecule has 0 aliphatic rings. The molecule has 0 N–H and O–H groups in total. The molecule has 1 rings (SSSR count). The van der Waals surface area contributed by atoms with Crippen molar-refractivity contribution in [1.29, 1.82) is 0 Å². The van der Waals surface area contributed by atoms with Crippen molar-refractivity contribution in [3.8, 4) is 0 Å². The zero-order valence-electron chi connectivity index (χ0n) is 10.7. The molecule has 1 atom stereocenters. The van der Waals surface area contributed by atoms with Crippen LogP contribution in [-0.2, 0) is 13.0 Å². The smallest absolute Gasteiger partial charge is 0.138 e. The molecule has 0 aliphatic heterocycles. The first-order valence-electron chi connectivity index (χ1n) is 5.96. The lowest BCUT2D eigenvalue weighted by atomic mass is 9.78. The molecule has 4 heteroatoms. The average molecular weight is 288 g/mol. The Bertz CT molecular complexity index is 322. The van der Waals surface area contributed by atoms with Gasteiger partial charge in [0.05, 0.1) is 0 Å². The van der Waals surface area contributed by atoms with Gasteiger partial charge < -0.3 is 0 Å². The molecule has 0 saturated carbocycles. The maximum absolute atomic E-state index is 4.38. The Kier molecular flexibility index (Phi) is 4.96. The van der Waals surface area contributed by atoms with Crippen molar-refractivity contribution in [2.45, 2.75) is 47.1 Å². The highest BCUT2D eigenvalue weighted by Crippen LogP contribution is 2.32. The third-order valence-corrected chi connectivity index (χ3v) is 4.67. The van der Waals surface area contributed by atoms with E-state index in [9.17, 15) is 0 Å². The summed E-state index contributed by atoms with van der Waals surface area (Å²) >= 11 is 3.62. The summed E-state index contributed by atoms with van der Waals surface area (Å²) < 4.78 is 2.03. The lowest BCUT2D eigenvalue weighted by Gasteiger charge is -2.31. The molecule has 0 saturated heterocycles. The maximum Gasteiger partial charge on any atom is 0.138 e. The van der Waals surface area contributed by atoms with Crippen LogP contribution >= 0.6 is 15.9 Å². The monoisotopic (exact) mass is 287 g/mol. The van der Waals surface area contributed by atoms with E-state index in [2.05, 4.69) is 53.7 Å². The van der Waals surface area contributed by atoms with Crippen LogP contribution in [0.15, 0.2) is 6.33 Å². The van der Waals surface area contributed by atoms with Gasteiger partial charge in [-0.25, -0.2) is 4.98 Å². The summed E-state index contributed by atoms with van der Waals surface area (Å²) in [6, 6.07) is 0. The van der Waals surface area contributed by atoms with Crippen molar-refractivity contribution in [2.24, 2.45) is 11.3 Å². The van der Waals surface area contributed by atoms with E-state index in [0.29, 0.717) is 5.92 Å². The first-order valence-corrected chi connectivity index (χ1v) is 7.08. The predicted octanol–water partition coefficient (Wildman–Crippen LogP) is 3.29. The third kappa shape index (κ3) is 3.06. The summed E-state index contributed by atoms with van der Waals surface area (Å²) in [6.45, 7) is 9.96. The van der Waals surface area contributed by atoms with Crippen molar-refractivity contribution in [3.63, 3.8) is 0 Å². The number of hydrogen-bond donors (Lipinski definition) is 0. The lowest BCUT2D eigenvalue weighted by Crippen LogP contribution is -2.29. The molecular weight excluding hydrogens is 266 g/mol. The molecule has 92 valence electrons. The highest BCUT2D eigenvalue weighted by Gasteiger charge is 2.29. The summed E-state index contributed by atoms with van der Waals surface area (Å²) in [5, 5.41) is 5.27. The van der Waals surface area contributed by atoms with Crippen molar-refractivity contribution in [1.82, 2.24) is 14.8 Å². The summed E-state index contributed by atoms with van der Waals surface area (Å²) in [5.41, 5.74) is 0.249. The van der Waals surface area contributed by atoms with Crippen LogP contribution in [0.4, 0.5) is 0 Å². The minimum absolute atomic E-state index is 0.249. The minimum atomic E-state index is 0.249. The summed E-state index contributed by atoms with van der Waals surface area (Å²) in [6.07, 6.45) is 3.75. The average Bonchev–Trinajstić information content (AvgIpc) is 2.66. The van der Waals surface area contributed by atoms with E-state index in [-0.39, 0.29) is 5.41 Å². The fraction of sp³-hybridized carbons (Fsp3) is 0.833. The summed E-state index contributed by atoms with van der Waals surface area (Å²) in [5.74, 6) is 1.73. The molecule has 0 aromatic carbocycles. The molecule has 0 aliphatic carbocycles. The van der Waals surface area contributed by atoms with E-state index in [1.54, 1.807) is 6.33 Å². The van der Waals surface area contributed by atoms with Gasteiger partial charge in [0.25, 0.3) is 0 Å². The fourth-order valence-electron chi connectivity index (χ4n) is 1.59. The quantitative estimate of drug-likeness (QED) is 0.752. The van der Waals surface area contributed by atoms with Gasteiger partial charge in [-0.3, -0.25) is 4.68 Å². The van der Waals surface area contributed by atoms with E-state index >= 15 is 0 Å². The van der Waals surface area contributed by atoms with Gasteiger partial charge in [0.15, 0.2) is 0 Å². The topological polar surface area (TPSA) is 30.7 Å². The van der Waals surface area contributed by atoms with E-state index in [4.69, 9.17) is 0 Å². The first kappa shape index (κ1) is 13.7. The van der Waals surface area contributed by atoms with Gasteiger partial charge >= 0.3 is 0 Å². The van der Waals surface area contributed by atoms with Gasteiger partial charge in [-0.05, 0) is 17.8 Å². The molecule has 0 spiro atoms. The Morgan fingerprint density at radius 1 is 1.50 bits per heavy atom. The van der Waals surface area contributed by atoms with Crippen LogP contribution in [0.25, 0.3) is 0 Å². The second kappa shape index (κ2) is 5.80. The van der Waals surface area contributed by atoms with Crippen LogP contribution in [-0.4, -0.2) is 20.1 Å². The summed E-state index contributed by atoms with van der Waals surface area (Å²) in [7, 11) is 0. The van der Waals surface area contributed by atoms with Gasteiger partial charge in [0.2, 0.25) is 0 Å². The Labute approximate surface area is 107 Å². The van der Waals surface area contributed by atoms with E-state index < -0.39 is 0 Å². The maximum atomic E-state index is 4.38. The second-order valence-electron chi connectivity index (χ2n) is 5.02. The van der Waals surface area contributed by atoms with E-state index in [1.165, 1.54) is 0 Å². The standard InChI is InChI=1S/C12H22BrN3/c1-5-6-16-11(14-9-15-16)7-12(4,8-13)10(2)3/h9-10H,5-8H2,1-4H3. The molecule has 0 fully saturated rings. The van der Waals surface area contributed by atoms with Crippen LogP contribution in [0.3, 0.4) is 0 Å². The minimum Gasteiger partial charge on any atom is -0.250 e. The molecule has 0 amide bonds. The predicted molar refractivity (Wildman–Crippen MR) is 70.8 cm³/mol. The van der Waals surface area contributed by atoms with E-state index in [1.807, 2.05) is 4.68 Å². The van der Waals surface area contributed by atoms with Gasteiger partial charge in [0.1, 0.15) is 12.2 Å². The summed E-state index contributed by atoms with van der Waals surface area (Å²) in [4.78, 5) is 4.38. The zero-order valence-corrected chi connectivity index (χ0v) is 12.3. The molecule has 1 aromatic heterocycles. The fourth-order valence-corrected chi connectivity index (χ4v) is 2.44. The van der Waals surface area contributed by atoms with Crippen LogP contribution in [0.5, 0.6) is 0 Å². The number of aromatic nitrogens is 3. The van der Waals surface area contributed by atoms with Crippen LogP contribution in [0, 0.1) is 11.3 Å². The highest BCUT2D eigenvalue weighted by molar-refractivity contribution is 9.09. The van der Waals surface area contributed by atoms with E-state index in [0.717, 1.165) is 30.5 Å². The van der Waals surface area contributed by atoms with Crippen molar-refractivity contribution < 1.29 is 0 Å². The number of aryl methyl sites for hydroxylation is 1. The van der Waals surface area contributed by atoms with Crippen LogP contribution in [0.1, 0.15) is 39.9 Å². The molecule has 1 heterocycles. The Morgan fingerprint density at radius 3 is 2.69 bits per heavy atom. The second-order valence-corrected chi connectivity index (χ2v) is 5.58. The number of halogens is 1. The van der Waals surface area contributed by atoms with Gasteiger partial charge in [-0.15, -0.1) is 0 Å². The molecule has 0 bridgehead atoms. The van der Waals surface area contributed by atoms with Gasteiger partial charge in [-0.1, -0.05) is 43.6 Å². The Balaban J connectivity index is 2.81. The molecule has 1 aromatic rings.